The highest BCUT2D eigenvalue weighted by Gasteiger charge is 2.32. The summed E-state index contributed by atoms with van der Waals surface area (Å²) in [5.41, 5.74) is 9.26. The van der Waals surface area contributed by atoms with Crippen LogP contribution in [0.25, 0.3) is 65.3 Å². The van der Waals surface area contributed by atoms with Crippen LogP contribution in [-0.4, -0.2) is 20.9 Å². The molecule has 4 nitrogen and oxygen atoms in total. The molecule has 8 aromatic rings. The van der Waals surface area contributed by atoms with Gasteiger partial charge in [0.05, 0.1) is 32.3 Å². The number of hydrogen-bond donors (Lipinski definition) is 0. The minimum absolute atomic E-state index is 0.647. The van der Waals surface area contributed by atoms with E-state index in [4.69, 9.17) is 9.47 Å². The van der Waals surface area contributed by atoms with E-state index in [2.05, 4.69) is 169 Å². The molecule has 1 aliphatic rings. The first-order valence-corrected chi connectivity index (χ1v) is 17.5. The van der Waals surface area contributed by atoms with Crippen LogP contribution < -0.4 is 19.3 Å². The minimum atomic E-state index is 0.647. The van der Waals surface area contributed by atoms with Gasteiger partial charge in [0.1, 0.15) is 11.5 Å². The highest BCUT2D eigenvalue weighted by molar-refractivity contribution is 6.14. The zero-order valence-electron chi connectivity index (χ0n) is 29.3. The van der Waals surface area contributed by atoms with Crippen LogP contribution in [0.2, 0.25) is 0 Å². The summed E-state index contributed by atoms with van der Waals surface area (Å²) < 4.78 is 12.2. The molecule has 0 atom stereocenters. The molecule has 1 heterocycles. The molecule has 8 aromatic carbocycles. The van der Waals surface area contributed by atoms with Crippen molar-refractivity contribution in [2.24, 2.45) is 0 Å². The molecule has 248 valence electrons. The number of allylic oxidation sites excluding steroid dienone is 2. The van der Waals surface area contributed by atoms with E-state index in [1.807, 2.05) is 0 Å². The van der Waals surface area contributed by atoms with Crippen LogP contribution in [0.5, 0.6) is 11.5 Å². The fourth-order valence-corrected chi connectivity index (χ4v) is 8.11. The molecule has 0 bridgehead atoms. The molecular formula is C47H38N2O2. The first kappa shape index (κ1) is 30.8. The van der Waals surface area contributed by atoms with Gasteiger partial charge in [0.2, 0.25) is 0 Å². The molecule has 51 heavy (non-hydrogen) atoms. The van der Waals surface area contributed by atoms with Gasteiger partial charge in [-0.25, -0.2) is 0 Å². The molecule has 0 radical (unpaired) electrons. The second-order valence-corrected chi connectivity index (χ2v) is 13.3. The van der Waals surface area contributed by atoms with Crippen molar-refractivity contribution < 1.29 is 9.47 Å². The summed E-state index contributed by atoms with van der Waals surface area (Å²) in [5.74, 6) is 1.72. The lowest BCUT2D eigenvalue weighted by atomic mass is 9.91. The molecule has 0 aromatic heterocycles. The van der Waals surface area contributed by atoms with Crippen molar-refractivity contribution in [1.29, 1.82) is 0 Å². The number of benzene rings is 8. The highest BCUT2D eigenvalue weighted by atomic mass is 16.5. The summed E-state index contributed by atoms with van der Waals surface area (Å²) in [6.07, 6.45) is 0. The number of hydrogen-bond acceptors (Lipinski definition) is 4. The summed E-state index contributed by atoms with van der Waals surface area (Å²) in [4.78, 5) is 4.94. The third-order valence-corrected chi connectivity index (χ3v) is 10.7. The third kappa shape index (κ3) is 4.82. The van der Waals surface area contributed by atoms with Crippen LogP contribution in [0.3, 0.4) is 0 Å². The maximum atomic E-state index is 6.12. The van der Waals surface area contributed by atoms with Crippen molar-refractivity contribution in [3.8, 4) is 33.8 Å². The first-order valence-electron chi connectivity index (χ1n) is 17.5. The molecule has 0 fully saturated rings. The Kier molecular flexibility index (Phi) is 7.40. The number of rotatable bonds is 6. The van der Waals surface area contributed by atoms with E-state index >= 15 is 0 Å². The molecule has 0 unspecified atom stereocenters. The Labute approximate surface area is 298 Å². The largest absolute Gasteiger partial charge is 0.496 e. The van der Waals surface area contributed by atoms with Crippen molar-refractivity contribution in [1.82, 2.24) is 0 Å². The molecular weight excluding hydrogens is 625 g/mol. The van der Waals surface area contributed by atoms with E-state index in [0.29, 0.717) is 6.67 Å². The van der Waals surface area contributed by atoms with Gasteiger partial charge < -0.3 is 19.3 Å². The van der Waals surface area contributed by atoms with Crippen molar-refractivity contribution >= 4 is 54.5 Å². The summed E-state index contributed by atoms with van der Waals surface area (Å²) in [7, 11) is 3.54. The molecule has 0 spiro atoms. The Bertz CT molecular complexity index is 2510. The summed E-state index contributed by atoms with van der Waals surface area (Å²) in [5, 5.41) is 9.49. The molecule has 0 aliphatic carbocycles. The molecule has 0 N–H and O–H groups in total. The average molecular weight is 663 g/mol. The molecule has 0 amide bonds. The zero-order chi connectivity index (χ0) is 34.6. The number of nitrogens with zero attached hydrogens (tertiary/aromatic N) is 2. The topological polar surface area (TPSA) is 24.9 Å². The van der Waals surface area contributed by atoms with Crippen molar-refractivity contribution in [3.63, 3.8) is 0 Å². The van der Waals surface area contributed by atoms with E-state index in [1.54, 1.807) is 14.2 Å². The second-order valence-electron chi connectivity index (χ2n) is 13.3. The predicted octanol–water partition coefficient (Wildman–Crippen LogP) is 12.2. The Morgan fingerprint density at radius 2 is 0.686 bits per heavy atom. The van der Waals surface area contributed by atoms with Gasteiger partial charge in [-0.2, -0.15) is 0 Å². The Hall–Kier alpha value is -6.26. The van der Waals surface area contributed by atoms with Crippen molar-refractivity contribution in [2.75, 3.05) is 30.7 Å². The van der Waals surface area contributed by atoms with Crippen LogP contribution in [0.15, 0.2) is 157 Å². The van der Waals surface area contributed by atoms with Gasteiger partial charge in [0, 0.05) is 33.6 Å². The van der Waals surface area contributed by atoms with Gasteiger partial charge in [-0.3, -0.25) is 0 Å². The maximum Gasteiger partial charge on any atom is 0.127 e. The third-order valence-electron chi connectivity index (χ3n) is 10.7. The van der Waals surface area contributed by atoms with Crippen LogP contribution in [0.1, 0.15) is 13.8 Å². The normalized spacial score (nSPS) is 13.3. The quantitative estimate of drug-likeness (QED) is 0.177. The number of anilines is 2. The van der Waals surface area contributed by atoms with E-state index < -0.39 is 0 Å². The Balaban J connectivity index is 1.29. The van der Waals surface area contributed by atoms with E-state index in [0.717, 1.165) is 34.0 Å². The Morgan fingerprint density at radius 1 is 0.373 bits per heavy atom. The monoisotopic (exact) mass is 662 g/mol. The van der Waals surface area contributed by atoms with E-state index in [-0.39, 0.29) is 0 Å². The first-order chi connectivity index (χ1) is 25.1. The molecule has 4 heteroatoms. The fourth-order valence-electron chi connectivity index (χ4n) is 8.11. The minimum Gasteiger partial charge on any atom is -0.496 e. The van der Waals surface area contributed by atoms with Crippen molar-refractivity contribution in [2.45, 2.75) is 13.8 Å². The molecule has 1 aliphatic heterocycles. The summed E-state index contributed by atoms with van der Waals surface area (Å²) in [6.45, 7) is 5.14. The summed E-state index contributed by atoms with van der Waals surface area (Å²) in [6, 6.07) is 52.2. The summed E-state index contributed by atoms with van der Waals surface area (Å²) >= 11 is 0. The zero-order valence-corrected chi connectivity index (χ0v) is 29.3. The average Bonchev–Trinajstić information content (AvgIpc) is 3.48. The standard InChI is InChI=1S/C47H38N2O2/c1-30-31(2)49(41-26-22-33-14-6-10-18-37(33)45(41)47-39-20-12-8-16-35(39)24-28-43(47)51-4)29-48(30)40-25-21-32-13-5-9-17-36(32)44(40)46-38-19-11-7-15-34(38)23-27-42(46)50-3/h5-28H,29H2,1-4H3. The van der Waals surface area contributed by atoms with Gasteiger partial charge >= 0.3 is 0 Å². The molecule has 0 saturated carbocycles. The number of methoxy groups -OCH3 is 2. The van der Waals surface area contributed by atoms with Gasteiger partial charge in [-0.1, -0.05) is 121 Å². The SMILES string of the molecule is COc1ccc2ccccc2c1-c1c(N2CN(c3ccc4ccccc4c3-c3c(OC)ccc4ccccc34)C(C)=C2C)ccc2ccccc12. The Morgan fingerprint density at radius 3 is 1.04 bits per heavy atom. The lowest BCUT2D eigenvalue weighted by Crippen LogP contribution is -2.28. The van der Waals surface area contributed by atoms with Gasteiger partial charge in [-0.05, 0) is 81.2 Å². The lowest BCUT2D eigenvalue weighted by molar-refractivity contribution is 0.417. The van der Waals surface area contributed by atoms with E-state index in [9.17, 15) is 0 Å². The number of fused-ring (bicyclic) bond motifs is 4. The number of ether oxygens (including phenoxy) is 2. The predicted molar refractivity (Wildman–Crippen MR) is 215 cm³/mol. The molecule has 0 saturated heterocycles. The van der Waals surface area contributed by atoms with Gasteiger partial charge in [0.15, 0.2) is 0 Å². The van der Waals surface area contributed by atoms with Gasteiger partial charge in [-0.15, -0.1) is 0 Å². The van der Waals surface area contributed by atoms with Crippen LogP contribution in [0, 0.1) is 0 Å². The van der Waals surface area contributed by atoms with E-state index in [1.165, 1.54) is 65.6 Å². The van der Waals surface area contributed by atoms with Crippen LogP contribution in [0.4, 0.5) is 11.4 Å². The maximum absolute atomic E-state index is 6.12. The van der Waals surface area contributed by atoms with Crippen LogP contribution >= 0.6 is 0 Å². The highest BCUT2D eigenvalue weighted by Crippen LogP contribution is 2.50. The lowest BCUT2D eigenvalue weighted by Gasteiger charge is -2.29. The van der Waals surface area contributed by atoms with Gasteiger partial charge in [0.25, 0.3) is 0 Å². The second kappa shape index (κ2) is 12.3. The smallest absolute Gasteiger partial charge is 0.127 e. The fraction of sp³-hybridized carbons (Fsp3) is 0.106. The van der Waals surface area contributed by atoms with Crippen LogP contribution in [-0.2, 0) is 0 Å². The molecule has 9 rings (SSSR count). The van der Waals surface area contributed by atoms with Crippen molar-refractivity contribution in [3.05, 3.63) is 157 Å².